The highest BCUT2D eigenvalue weighted by molar-refractivity contribution is 5.94. The summed E-state index contributed by atoms with van der Waals surface area (Å²) in [7, 11) is 0. The predicted molar refractivity (Wildman–Crippen MR) is 107 cm³/mol. The van der Waals surface area contributed by atoms with E-state index in [4.69, 9.17) is 4.74 Å². The highest BCUT2D eigenvalue weighted by atomic mass is 16.5. The molecule has 1 aliphatic rings. The molecule has 0 spiro atoms. The summed E-state index contributed by atoms with van der Waals surface area (Å²) >= 11 is 0. The number of carbonyl (C=O) groups excluding carboxylic acids is 1. The molecule has 3 heterocycles. The zero-order chi connectivity index (χ0) is 19.3. The zero-order valence-electron chi connectivity index (χ0n) is 15.9. The van der Waals surface area contributed by atoms with Crippen molar-refractivity contribution in [1.29, 1.82) is 0 Å². The number of rotatable bonds is 5. The summed E-state index contributed by atoms with van der Waals surface area (Å²) in [5, 5.41) is 4.33. The molecule has 1 aliphatic heterocycles. The Hall–Kier alpha value is -3.35. The van der Waals surface area contributed by atoms with Crippen LogP contribution in [0.25, 0.3) is 5.69 Å². The molecule has 0 atom stereocenters. The lowest BCUT2D eigenvalue weighted by Crippen LogP contribution is -2.49. The van der Waals surface area contributed by atoms with Gasteiger partial charge in [-0.05, 0) is 25.1 Å². The number of carbonyl (C=O) groups is 1. The number of piperazine rings is 1. The lowest BCUT2D eigenvalue weighted by atomic mass is 10.2. The van der Waals surface area contributed by atoms with E-state index in [9.17, 15) is 4.79 Å². The maximum absolute atomic E-state index is 12.8. The second-order valence-corrected chi connectivity index (χ2v) is 6.56. The maximum atomic E-state index is 12.8. The van der Waals surface area contributed by atoms with Crippen LogP contribution < -0.4 is 9.64 Å². The molecule has 2 aromatic heterocycles. The molecule has 1 fully saturated rings. The molecule has 0 bridgehead atoms. The van der Waals surface area contributed by atoms with Crippen molar-refractivity contribution in [2.75, 3.05) is 37.7 Å². The van der Waals surface area contributed by atoms with Gasteiger partial charge in [-0.15, -0.1) is 0 Å². The van der Waals surface area contributed by atoms with Crippen molar-refractivity contribution in [2.45, 2.75) is 6.92 Å². The number of benzene rings is 1. The van der Waals surface area contributed by atoms with E-state index in [-0.39, 0.29) is 5.91 Å². The van der Waals surface area contributed by atoms with Crippen LogP contribution in [0, 0.1) is 0 Å². The van der Waals surface area contributed by atoms with Crippen LogP contribution in [0.4, 0.5) is 5.82 Å². The predicted octanol–water partition coefficient (Wildman–Crippen LogP) is 2.63. The fraction of sp³-hybridized carbons (Fsp3) is 0.286. The molecule has 7 heteroatoms. The van der Waals surface area contributed by atoms with E-state index in [1.807, 2.05) is 60.4 Å². The standard InChI is InChI=1S/C21H23N5O2/c1-2-28-20-10-6-9-19(23-20)24-11-13-25(14-12-24)21(27)17-15-22-26(16-17)18-7-4-3-5-8-18/h3-10,15-16H,2,11-14H2,1H3. The van der Waals surface area contributed by atoms with Crippen LogP contribution in [0.2, 0.25) is 0 Å². The third-order valence-corrected chi connectivity index (χ3v) is 4.74. The van der Waals surface area contributed by atoms with Gasteiger partial charge in [-0.25, -0.2) is 4.68 Å². The van der Waals surface area contributed by atoms with Gasteiger partial charge in [0.2, 0.25) is 5.88 Å². The van der Waals surface area contributed by atoms with Crippen molar-refractivity contribution in [2.24, 2.45) is 0 Å². The number of anilines is 1. The van der Waals surface area contributed by atoms with Crippen LogP contribution in [0.5, 0.6) is 5.88 Å². The number of amides is 1. The minimum atomic E-state index is 0.0119. The number of aromatic nitrogens is 3. The van der Waals surface area contributed by atoms with E-state index < -0.39 is 0 Å². The van der Waals surface area contributed by atoms with Crippen molar-refractivity contribution >= 4 is 11.7 Å². The lowest BCUT2D eigenvalue weighted by molar-refractivity contribution is 0.0746. The van der Waals surface area contributed by atoms with E-state index in [2.05, 4.69) is 15.0 Å². The van der Waals surface area contributed by atoms with Crippen LogP contribution in [-0.4, -0.2) is 58.4 Å². The summed E-state index contributed by atoms with van der Waals surface area (Å²) in [5.74, 6) is 1.53. The molecule has 144 valence electrons. The molecule has 0 unspecified atom stereocenters. The molecule has 0 N–H and O–H groups in total. The van der Waals surface area contributed by atoms with Gasteiger partial charge < -0.3 is 14.5 Å². The largest absolute Gasteiger partial charge is 0.478 e. The Kier molecular flexibility index (Phi) is 5.23. The smallest absolute Gasteiger partial charge is 0.257 e. The van der Waals surface area contributed by atoms with Gasteiger partial charge in [0.15, 0.2) is 0 Å². The average Bonchev–Trinajstić information content (AvgIpc) is 3.25. The monoisotopic (exact) mass is 377 g/mol. The average molecular weight is 377 g/mol. The summed E-state index contributed by atoms with van der Waals surface area (Å²) in [5.41, 5.74) is 1.54. The summed E-state index contributed by atoms with van der Waals surface area (Å²) in [4.78, 5) is 21.4. The molecule has 1 aromatic carbocycles. The van der Waals surface area contributed by atoms with Gasteiger partial charge in [-0.1, -0.05) is 24.3 Å². The van der Waals surface area contributed by atoms with E-state index in [1.54, 1.807) is 17.1 Å². The van der Waals surface area contributed by atoms with Gasteiger partial charge in [0.25, 0.3) is 5.91 Å². The summed E-state index contributed by atoms with van der Waals surface area (Å²) in [6.07, 6.45) is 3.42. The molecule has 0 aliphatic carbocycles. The highest BCUT2D eigenvalue weighted by Gasteiger charge is 2.24. The Morgan fingerprint density at radius 1 is 1.04 bits per heavy atom. The Bertz CT molecular complexity index is 933. The second kappa shape index (κ2) is 8.12. The SMILES string of the molecule is CCOc1cccc(N2CCN(C(=O)c3cnn(-c4ccccc4)c3)CC2)n1. The molecular formula is C21H23N5O2. The minimum Gasteiger partial charge on any atom is -0.478 e. The highest BCUT2D eigenvalue weighted by Crippen LogP contribution is 2.19. The van der Waals surface area contributed by atoms with Crippen LogP contribution in [-0.2, 0) is 0 Å². The van der Waals surface area contributed by atoms with Gasteiger partial charge in [-0.3, -0.25) is 4.79 Å². The quantitative estimate of drug-likeness (QED) is 0.684. The topological polar surface area (TPSA) is 63.5 Å². The van der Waals surface area contributed by atoms with Crippen molar-refractivity contribution in [3.63, 3.8) is 0 Å². The first-order valence-electron chi connectivity index (χ1n) is 9.49. The minimum absolute atomic E-state index is 0.0119. The fourth-order valence-electron chi connectivity index (χ4n) is 3.28. The molecule has 1 saturated heterocycles. The molecule has 0 saturated carbocycles. The third-order valence-electron chi connectivity index (χ3n) is 4.74. The first-order valence-corrected chi connectivity index (χ1v) is 9.49. The fourth-order valence-corrected chi connectivity index (χ4v) is 3.28. The van der Waals surface area contributed by atoms with Gasteiger partial charge >= 0.3 is 0 Å². The molecular weight excluding hydrogens is 354 g/mol. The van der Waals surface area contributed by atoms with Crippen LogP contribution in [0.3, 0.4) is 0 Å². The number of hydrogen-bond donors (Lipinski definition) is 0. The van der Waals surface area contributed by atoms with Gasteiger partial charge in [0.05, 0.1) is 24.1 Å². The molecule has 3 aromatic rings. The summed E-state index contributed by atoms with van der Waals surface area (Å²) in [6.45, 7) is 5.31. The number of hydrogen-bond acceptors (Lipinski definition) is 5. The van der Waals surface area contributed by atoms with E-state index in [0.717, 1.165) is 24.6 Å². The van der Waals surface area contributed by atoms with Gasteiger partial charge in [0.1, 0.15) is 5.82 Å². The van der Waals surface area contributed by atoms with E-state index in [0.29, 0.717) is 31.1 Å². The third kappa shape index (κ3) is 3.83. The molecule has 0 radical (unpaired) electrons. The number of ether oxygens (including phenoxy) is 1. The number of nitrogens with zero attached hydrogens (tertiary/aromatic N) is 5. The van der Waals surface area contributed by atoms with Gasteiger partial charge in [-0.2, -0.15) is 10.1 Å². The molecule has 4 rings (SSSR count). The first kappa shape index (κ1) is 18.0. The summed E-state index contributed by atoms with van der Waals surface area (Å²) < 4.78 is 7.21. The van der Waals surface area contributed by atoms with Crippen LogP contribution in [0.1, 0.15) is 17.3 Å². The number of pyridine rings is 1. The van der Waals surface area contributed by atoms with Crippen LogP contribution >= 0.6 is 0 Å². The first-order chi connectivity index (χ1) is 13.7. The molecule has 28 heavy (non-hydrogen) atoms. The Morgan fingerprint density at radius 2 is 1.82 bits per heavy atom. The Labute approximate surface area is 164 Å². The zero-order valence-corrected chi connectivity index (χ0v) is 15.9. The summed E-state index contributed by atoms with van der Waals surface area (Å²) in [6, 6.07) is 15.6. The maximum Gasteiger partial charge on any atom is 0.257 e. The second-order valence-electron chi connectivity index (χ2n) is 6.56. The van der Waals surface area contributed by atoms with Crippen LogP contribution in [0.15, 0.2) is 60.9 Å². The van der Waals surface area contributed by atoms with E-state index in [1.165, 1.54) is 0 Å². The normalized spacial score (nSPS) is 14.2. The molecule has 7 nitrogen and oxygen atoms in total. The van der Waals surface area contributed by atoms with E-state index >= 15 is 0 Å². The lowest BCUT2D eigenvalue weighted by Gasteiger charge is -2.35. The van der Waals surface area contributed by atoms with Crippen molar-refractivity contribution in [3.05, 3.63) is 66.5 Å². The molecule has 1 amide bonds. The Morgan fingerprint density at radius 3 is 2.57 bits per heavy atom. The van der Waals surface area contributed by atoms with Gasteiger partial charge in [0, 0.05) is 38.4 Å². The van der Waals surface area contributed by atoms with Crippen molar-refractivity contribution in [3.8, 4) is 11.6 Å². The number of para-hydroxylation sites is 1. The Balaban J connectivity index is 1.39. The van der Waals surface area contributed by atoms with Crippen molar-refractivity contribution < 1.29 is 9.53 Å². The van der Waals surface area contributed by atoms with Crippen molar-refractivity contribution in [1.82, 2.24) is 19.7 Å².